The second kappa shape index (κ2) is 6.67. The van der Waals surface area contributed by atoms with Gasteiger partial charge in [-0.1, -0.05) is 41.6 Å². The zero-order valence-corrected chi connectivity index (χ0v) is 14.9. The van der Waals surface area contributed by atoms with Gasteiger partial charge in [0.15, 0.2) is 5.16 Å². The van der Waals surface area contributed by atoms with Crippen molar-refractivity contribution in [2.24, 2.45) is 0 Å². The number of nitrogens with zero attached hydrogens (tertiary/aromatic N) is 4. The number of thioether (sulfide) groups is 1. The molecule has 122 valence electrons. The van der Waals surface area contributed by atoms with Gasteiger partial charge in [0, 0.05) is 48.8 Å². The summed E-state index contributed by atoms with van der Waals surface area (Å²) < 4.78 is 0. The van der Waals surface area contributed by atoms with E-state index in [0.717, 1.165) is 47.7 Å². The Labute approximate surface area is 150 Å². The first-order chi connectivity index (χ1) is 11.7. The minimum absolute atomic E-state index is 0.591. The molecule has 24 heavy (non-hydrogen) atoms. The Morgan fingerprint density at radius 3 is 3.00 bits per heavy atom. The lowest BCUT2D eigenvalue weighted by Crippen LogP contribution is -2.31. The summed E-state index contributed by atoms with van der Waals surface area (Å²) in [6.45, 7) is 2.62. The van der Waals surface area contributed by atoms with Gasteiger partial charge in [-0.3, -0.25) is 4.90 Å². The summed E-state index contributed by atoms with van der Waals surface area (Å²) in [6, 6.07) is 10.2. The molecular formula is C18H17ClN4S. The molecule has 0 N–H and O–H groups in total. The van der Waals surface area contributed by atoms with Crippen molar-refractivity contribution in [3.05, 3.63) is 58.5 Å². The zero-order chi connectivity index (χ0) is 16.5. The number of para-hydroxylation sites is 1. The van der Waals surface area contributed by atoms with E-state index in [-0.39, 0.29) is 0 Å². The van der Waals surface area contributed by atoms with Gasteiger partial charge in [0.25, 0.3) is 0 Å². The predicted molar refractivity (Wildman–Crippen MR) is 98.4 cm³/mol. The summed E-state index contributed by atoms with van der Waals surface area (Å²) in [5.41, 5.74) is 4.39. The minimum atomic E-state index is 0.591. The number of halogens is 1. The van der Waals surface area contributed by atoms with Crippen molar-refractivity contribution >= 4 is 34.3 Å². The summed E-state index contributed by atoms with van der Waals surface area (Å²) in [4.78, 5) is 15.9. The van der Waals surface area contributed by atoms with Crippen LogP contribution in [0.4, 0.5) is 0 Å². The van der Waals surface area contributed by atoms with E-state index in [9.17, 15) is 0 Å². The standard InChI is InChI=1S/C18H17ClN4S/c1-24-18-20-9-14-11-23(7-6-16(14)22-18)10-13-8-12-4-2-3-5-15(12)21-17(13)19/h2-5,8-9H,6-7,10-11H2,1H3. The van der Waals surface area contributed by atoms with Crippen molar-refractivity contribution in [3.63, 3.8) is 0 Å². The van der Waals surface area contributed by atoms with Crippen LogP contribution in [0.25, 0.3) is 10.9 Å². The Kier molecular flexibility index (Phi) is 4.39. The molecule has 2 aromatic heterocycles. The highest BCUT2D eigenvalue weighted by atomic mass is 35.5. The average molecular weight is 357 g/mol. The molecule has 4 nitrogen and oxygen atoms in total. The van der Waals surface area contributed by atoms with Gasteiger partial charge in [0.1, 0.15) is 5.15 Å². The fraction of sp³-hybridized carbons (Fsp3) is 0.278. The summed E-state index contributed by atoms with van der Waals surface area (Å²) >= 11 is 7.98. The maximum Gasteiger partial charge on any atom is 0.187 e. The Hall–Kier alpha value is -1.69. The maximum atomic E-state index is 6.40. The van der Waals surface area contributed by atoms with Crippen LogP contribution >= 0.6 is 23.4 Å². The number of benzene rings is 1. The third kappa shape index (κ3) is 3.11. The zero-order valence-electron chi connectivity index (χ0n) is 13.4. The molecule has 0 radical (unpaired) electrons. The summed E-state index contributed by atoms with van der Waals surface area (Å²) in [6.07, 6.45) is 4.91. The monoisotopic (exact) mass is 356 g/mol. The van der Waals surface area contributed by atoms with Crippen LogP contribution in [0.1, 0.15) is 16.8 Å². The van der Waals surface area contributed by atoms with Crippen molar-refractivity contribution in [1.29, 1.82) is 0 Å². The van der Waals surface area contributed by atoms with Gasteiger partial charge >= 0.3 is 0 Å². The van der Waals surface area contributed by atoms with Gasteiger partial charge in [-0.15, -0.1) is 0 Å². The van der Waals surface area contributed by atoms with Gasteiger partial charge < -0.3 is 0 Å². The average Bonchev–Trinajstić information content (AvgIpc) is 2.62. The Balaban J connectivity index is 1.57. The molecule has 0 aliphatic carbocycles. The molecule has 0 fully saturated rings. The van der Waals surface area contributed by atoms with Gasteiger partial charge in [-0.25, -0.2) is 15.0 Å². The van der Waals surface area contributed by atoms with Crippen molar-refractivity contribution in [2.45, 2.75) is 24.7 Å². The highest BCUT2D eigenvalue weighted by Crippen LogP contribution is 2.25. The van der Waals surface area contributed by atoms with E-state index in [1.54, 1.807) is 11.8 Å². The smallest absolute Gasteiger partial charge is 0.187 e. The molecule has 0 amide bonds. The van der Waals surface area contributed by atoms with Crippen LogP contribution in [-0.4, -0.2) is 32.7 Å². The third-order valence-electron chi connectivity index (χ3n) is 4.32. The van der Waals surface area contributed by atoms with E-state index in [1.165, 1.54) is 11.3 Å². The van der Waals surface area contributed by atoms with Crippen LogP contribution in [0.3, 0.4) is 0 Å². The number of hydrogen-bond donors (Lipinski definition) is 0. The molecule has 0 unspecified atom stereocenters. The van der Waals surface area contributed by atoms with Crippen LogP contribution in [0, 0.1) is 0 Å². The molecule has 1 aliphatic heterocycles. The Morgan fingerprint density at radius 2 is 2.12 bits per heavy atom. The van der Waals surface area contributed by atoms with E-state index in [0.29, 0.717) is 5.15 Å². The van der Waals surface area contributed by atoms with Gasteiger partial charge in [0.2, 0.25) is 0 Å². The van der Waals surface area contributed by atoms with E-state index >= 15 is 0 Å². The lowest BCUT2D eigenvalue weighted by atomic mass is 10.1. The second-order valence-corrected chi connectivity index (χ2v) is 7.05. The van der Waals surface area contributed by atoms with Crippen molar-refractivity contribution in [3.8, 4) is 0 Å². The molecule has 0 bridgehead atoms. The van der Waals surface area contributed by atoms with Crippen LogP contribution in [0.15, 0.2) is 41.7 Å². The maximum absolute atomic E-state index is 6.40. The Morgan fingerprint density at radius 1 is 1.25 bits per heavy atom. The number of aromatic nitrogens is 3. The van der Waals surface area contributed by atoms with Crippen molar-refractivity contribution in [2.75, 3.05) is 12.8 Å². The summed E-state index contributed by atoms with van der Waals surface area (Å²) in [7, 11) is 0. The van der Waals surface area contributed by atoms with Gasteiger partial charge in [0.05, 0.1) is 11.2 Å². The van der Waals surface area contributed by atoms with Crippen LogP contribution in [-0.2, 0) is 19.5 Å². The van der Waals surface area contributed by atoms with Crippen LogP contribution in [0.2, 0.25) is 5.15 Å². The highest BCUT2D eigenvalue weighted by molar-refractivity contribution is 7.98. The number of hydrogen-bond acceptors (Lipinski definition) is 5. The minimum Gasteiger partial charge on any atom is -0.294 e. The van der Waals surface area contributed by atoms with Crippen LogP contribution in [0.5, 0.6) is 0 Å². The molecule has 1 aliphatic rings. The molecule has 0 saturated heterocycles. The van der Waals surface area contributed by atoms with Crippen molar-refractivity contribution < 1.29 is 0 Å². The number of pyridine rings is 1. The molecule has 0 saturated carbocycles. The molecule has 0 spiro atoms. The first-order valence-corrected chi connectivity index (χ1v) is 9.48. The summed E-state index contributed by atoms with van der Waals surface area (Å²) in [5.74, 6) is 0. The molecule has 3 heterocycles. The lowest BCUT2D eigenvalue weighted by molar-refractivity contribution is 0.242. The SMILES string of the molecule is CSc1ncc2c(n1)CCN(Cc1cc3ccccc3nc1Cl)C2. The highest BCUT2D eigenvalue weighted by Gasteiger charge is 2.19. The fourth-order valence-corrected chi connectivity index (χ4v) is 3.64. The molecule has 3 aromatic rings. The van der Waals surface area contributed by atoms with Crippen molar-refractivity contribution in [1.82, 2.24) is 19.9 Å². The number of rotatable bonds is 3. The quantitative estimate of drug-likeness (QED) is 0.403. The fourth-order valence-electron chi connectivity index (χ4n) is 3.08. The third-order valence-corrected chi connectivity index (χ3v) is 5.21. The first-order valence-electron chi connectivity index (χ1n) is 7.88. The van der Waals surface area contributed by atoms with Gasteiger partial charge in [-0.2, -0.15) is 0 Å². The number of fused-ring (bicyclic) bond motifs is 2. The molecule has 0 atom stereocenters. The largest absolute Gasteiger partial charge is 0.294 e. The summed E-state index contributed by atoms with van der Waals surface area (Å²) in [5, 5.41) is 2.57. The second-order valence-electron chi connectivity index (χ2n) is 5.92. The molecule has 1 aromatic carbocycles. The van der Waals surface area contributed by atoms with Crippen LogP contribution < -0.4 is 0 Å². The first kappa shape index (κ1) is 15.8. The topological polar surface area (TPSA) is 41.9 Å². The van der Waals surface area contributed by atoms with E-state index in [2.05, 4.69) is 32.0 Å². The van der Waals surface area contributed by atoms with E-state index < -0.39 is 0 Å². The van der Waals surface area contributed by atoms with E-state index in [4.69, 9.17) is 11.6 Å². The molecular weight excluding hydrogens is 340 g/mol. The van der Waals surface area contributed by atoms with Gasteiger partial charge in [-0.05, 0) is 18.4 Å². The Bertz CT molecular complexity index is 899. The molecule has 4 rings (SSSR count). The van der Waals surface area contributed by atoms with E-state index in [1.807, 2.05) is 30.7 Å². The normalized spacial score (nSPS) is 14.8. The molecule has 6 heteroatoms. The lowest BCUT2D eigenvalue weighted by Gasteiger charge is -2.28. The predicted octanol–water partition coefficient (Wildman–Crippen LogP) is 3.96.